The van der Waals surface area contributed by atoms with Crippen LogP contribution >= 0.6 is 11.6 Å². The molecular weight excluding hydrogens is 688 g/mol. The maximum absolute atomic E-state index is 14.1. The van der Waals surface area contributed by atoms with E-state index in [9.17, 15) is 24.6 Å². The Hall–Kier alpha value is -2.29. The number of aliphatic hydroxyl groups excluding tert-OH is 1. The maximum atomic E-state index is 14.1. The molecule has 0 amide bonds. The fourth-order valence-corrected chi connectivity index (χ4v) is 13.3. The number of carboxylic acids is 1. The summed E-state index contributed by atoms with van der Waals surface area (Å²) in [5.41, 5.74) is 1.18. The minimum absolute atomic E-state index is 0.0307. The maximum Gasteiger partial charge on any atom is 0.309 e. The van der Waals surface area contributed by atoms with Crippen molar-refractivity contribution in [1.82, 2.24) is 10.3 Å². The number of aliphatic carboxylic acids is 1. The lowest BCUT2D eigenvalue weighted by molar-refractivity contribution is -0.235. The molecule has 4 saturated carbocycles. The number of hydrogen-bond acceptors (Lipinski definition) is 7. The van der Waals surface area contributed by atoms with Crippen LogP contribution < -0.4 is 5.32 Å². The van der Waals surface area contributed by atoms with Crippen LogP contribution in [0.1, 0.15) is 145 Å². The summed E-state index contributed by atoms with van der Waals surface area (Å²) in [4.78, 5) is 43.4. The minimum Gasteiger partial charge on any atom is -0.481 e. The first kappa shape index (κ1) is 40.4. The third-order valence-electron chi connectivity index (χ3n) is 16.3. The normalized spacial score (nSPS) is 37.6. The molecule has 294 valence electrons. The van der Waals surface area contributed by atoms with E-state index in [0.29, 0.717) is 29.8 Å². The molecule has 0 radical (unpaired) electrons. The zero-order valence-corrected chi connectivity index (χ0v) is 34.7. The Labute approximate surface area is 322 Å². The fraction of sp³-hybridized carbons (Fsp3) is 0.773. The van der Waals surface area contributed by atoms with E-state index >= 15 is 0 Å². The van der Waals surface area contributed by atoms with Crippen molar-refractivity contribution >= 4 is 29.3 Å². The van der Waals surface area contributed by atoms with Crippen LogP contribution in [-0.4, -0.2) is 51.7 Å². The van der Waals surface area contributed by atoms with Crippen LogP contribution in [0.25, 0.3) is 0 Å². The number of carbonyl (C=O) groups is 3. The number of nitrogens with zero attached hydrogens (tertiary/aromatic N) is 1. The lowest BCUT2D eigenvalue weighted by Gasteiger charge is -2.72. The first-order chi connectivity index (χ1) is 24.5. The summed E-state index contributed by atoms with van der Waals surface area (Å²) in [6.07, 6.45) is 8.65. The summed E-state index contributed by atoms with van der Waals surface area (Å²) < 4.78 is 6.17. The van der Waals surface area contributed by atoms with Crippen LogP contribution in [0, 0.1) is 56.2 Å². The monoisotopic (exact) mass is 752 g/mol. The molecule has 0 spiro atoms. The van der Waals surface area contributed by atoms with Gasteiger partial charge in [-0.15, -0.1) is 0 Å². The van der Waals surface area contributed by atoms with Crippen LogP contribution in [0.15, 0.2) is 29.5 Å². The van der Waals surface area contributed by atoms with Gasteiger partial charge < -0.3 is 20.3 Å². The highest BCUT2D eigenvalue weighted by atomic mass is 35.5. The van der Waals surface area contributed by atoms with E-state index in [0.717, 1.165) is 62.6 Å². The fourth-order valence-electron chi connectivity index (χ4n) is 13.1. The number of nitrogens with one attached hydrogen (secondary N) is 1. The van der Waals surface area contributed by atoms with Crippen molar-refractivity contribution in [3.8, 4) is 0 Å². The number of ketones is 1. The molecule has 5 aliphatic rings. The van der Waals surface area contributed by atoms with Gasteiger partial charge in [-0.05, 0) is 130 Å². The van der Waals surface area contributed by atoms with Crippen molar-refractivity contribution in [2.75, 3.05) is 6.54 Å². The molecule has 3 N–H and O–H groups in total. The highest BCUT2D eigenvalue weighted by Gasteiger charge is 2.70. The number of fused-ring (bicyclic) bond motifs is 7. The number of carboxylic acid groups (broad SMARTS) is 1. The average Bonchev–Trinajstić information content (AvgIpc) is 3.38. The van der Waals surface area contributed by atoms with Crippen molar-refractivity contribution in [3.63, 3.8) is 0 Å². The van der Waals surface area contributed by atoms with E-state index in [2.05, 4.69) is 58.8 Å². The molecular formula is C44H65ClN2O6. The van der Waals surface area contributed by atoms with Gasteiger partial charge in [0.2, 0.25) is 0 Å². The van der Waals surface area contributed by atoms with E-state index in [1.165, 1.54) is 5.57 Å². The zero-order chi connectivity index (χ0) is 39.1. The van der Waals surface area contributed by atoms with Gasteiger partial charge in [0.25, 0.3) is 0 Å². The van der Waals surface area contributed by atoms with Gasteiger partial charge in [0.15, 0.2) is 5.78 Å². The molecule has 10 unspecified atom stereocenters. The predicted molar refractivity (Wildman–Crippen MR) is 207 cm³/mol. The number of rotatable bonds is 10. The van der Waals surface area contributed by atoms with Gasteiger partial charge in [-0.1, -0.05) is 65.6 Å². The van der Waals surface area contributed by atoms with E-state index in [4.69, 9.17) is 16.3 Å². The Morgan fingerprint density at radius 1 is 0.981 bits per heavy atom. The summed E-state index contributed by atoms with van der Waals surface area (Å²) in [7, 11) is 0. The van der Waals surface area contributed by atoms with Crippen molar-refractivity contribution in [3.05, 3.63) is 40.2 Å². The second-order valence-corrected chi connectivity index (χ2v) is 20.5. The summed E-state index contributed by atoms with van der Waals surface area (Å²) in [5, 5.41) is 26.0. The molecule has 10 atom stereocenters. The van der Waals surface area contributed by atoms with Gasteiger partial charge in [-0.25, -0.2) is 0 Å². The van der Waals surface area contributed by atoms with Gasteiger partial charge in [-0.3, -0.25) is 19.4 Å². The van der Waals surface area contributed by atoms with E-state index < -0.39 is 28.9 Å². The molecule has 1 heterocycles. The molecule has 1 aromatic heterocycles. The number of Topliss-reactive ketones (excluding diaryl/α,β-unsaturated/α-hetero) is 1. The van der Waals surface area contributed by atoms with Gasteiger partial charge in [0.1, 0.15) is 6.10 Å². The second-order valence-electron chi connectivity index (χ2n) is 20.1. The van der Waals surface area contributed by atoms with Crippen LogP contribution in [0.3, 0.4) is 0 Å². The van der Waals surface area contributed by atoms with E-state index in [1.54, 1.807) is 20.0 Å². The number of carbonyl (C=O) groups excluding carboxylic acids is 2. The largest absolute Gasteiger partial charge is 0.481 e. The SMILES string of the molecule is CC(C)C1=C2C3CCC4C5(C)CCC(OC(=O)CC(C)(C)C(=O)O)C(C)(C)C5CCC4(C)C3(C)CCC2(C(O)CNC(C)c2ccc(Cl)cn2)CC1=O. The number of esters is 1. The Kier molecular flexibility index (Phi) is 10.5. The molecule has 5 aliphatic carbocycles. The Balaban J connectivity index is 1.26. The van der Waals surface area contributed by atoms with E-state index in [-0.39, 0.29) is 57.8 Å². The summed E-state index contributed by atoms with van der Waals surface area (Å²) in [6.45, 7) is 22.0. The number of ether oxygens (including phenoxy) is 1. The Morgan fingerprint density at radius 3 is 2.30 bits per heavy atom. The predicted octanol–water partition coefficient (Wildman–Crippen LogP) is 9.14. The van der Waals surface area contributed by atoms with Crippen molar-refractivity contribution in [2.45, 2.75) is 152 Å². The molecule has 8 nitrogen and oxygen atoms in total. The second kappa shape index (κ2) is 13.7. The minimum atomic E-state index is -1.17. The quantitative estimate of drug-likeness (QED) is 0.202. The molecule has 0 saturated heterocycles. The molecule has 9 heteroatoms. The zero-order valence-electron chi connectivity index (χ0n) is 33.9. The smallest absolute Gasteiger partial charge is 0.309 e. The number of aromatic nitrogens is 1. The van der Waals surface area contributed by atoms with Gasteiger partial charge >= 0.3 is 11.9 Å². The highest BCUT2D eigenvalue weighted by Crippen LogP contribution is 2.77. The third-order valence-corrected chi connectivity index (χ3v) is 16.5. The van der Waals surface area contributed by atoms with Crippen molar-refractivity contribution < 1.29 is 29.3 Å². The van der Waals surface area contributed by atoms with Crippen molar-refractivity contribution in [2.24, 2.45) is 56.2 Å². The number of allylic oxidation sites excluding steroid dienone is 1. The lowest BCUT2D eigenvalue weighted by Crippen LogP contribution is -2.66. The summed E-state index contributed by atoms with van der Waals surface area (Å²) >= 11 is 6.09. The first-order valence-electron chi connectivity index (χ1n) is 20.3. The molecule has 6 rings (SSSR count). The lowest BCUT2D eigenvalue weighted by atomic mass is 9.33. The van der Waals surface area contributed by atoms with Gasteiger partial charge in [0, 0.05) is 36.0 Å². The molecule has 1 aromatic rings. The first-order valence-corrected chi connectivity index (χ1v) is 20.7. The van der Waals surface area contributed by atoms with Crippen LogP contribution in [-0.2, 0) is 19.1 Å². The van der Waals surface area contributed by atoms with Gasteiger partial charge in [0.05, 0.1) is 28.7 Å². The third kappa shape index (κ3) is 6.33. The Morgan fingerprint density at radius 2 is 1.68 bits per heavy atom. The topological polar surface area (TPSA) is 126 Å². The molecule has 0 bridgehead atoms. The highest BCUT2D eigenvalue weighted by molar-refractivity contribution is 6.30. The standard InChI is InChI=1S/C44H65ClN2O6/c1-25(2)36-30(48)21-44(33(49)24-46-26(3)29-13-11-27(45)23-47-29)20-19-42(9)28(37(36)44)12-14-32-41(8)17-16-34(53-35(50)22-39(4,5)38(51)52)40(6,7)31(41)15-18-43(32,42)10/h11,13,23,25-26,28,31-34,46,49H,12,14-22,24H2,1-10H3,(H,51,52). The molecule has 0 aromatic carbocycles. The molecule has 4 fully saturated rings. The summed E-state index contributed by atoms with van der Waals surface area (Å²) in [5.74, 6) is -0.0389. The number of aliphatic hydroxyl groups is 1. The van der Waals surface area contributed by atoms with E-state index in [1.807, 2.05) is 19.1 Å². The number of hydrogen-bond donors (Lipinski definition) is 3. The molecule has 0 aliphatic heterocycles. The number of halogens is 1. The van der Waals surface area contributed by atoms with Crippen LogP contribution in [0.2, 0.25) is 5.02 Å². The van der Waals surface area contributed by atoms with Gasteiger partial charge in [-0.2, -0.15) is 0 Å². The summed E-state index contributed by atoms with van der Waals surface area (Å²) in [6, 6.07) is 3.67. The number of pyridine rings is 1. The Bertz CT molecular complexity index is 1650. The van der Waals surface area contributed by atoms with Crippen LogP contribution in [0.4, 0.5) is 0 Å². The average molecular weight is 753 g/mol. The van der Waals surface area contributed by atoms with Crippen molar-refractivity contribution in [1.29, 1.82) is 0 Å². The molecule has 53 heavy (non-hydrogen) atoms. The van der Waals surface area contributed by atoms with Crippen LogP contribution in [0.5, 0.6) is 0 Å².